The molecule has 1 fully saturated rings. The van der Waals surface area contributed by atoms with Gasteiger partial charge in [0.05, 0.1) is 32.5 Å². The third kappa shape index (κ3) is 7.07. The van der Waals surface area contributed by atoms with Crippen molar-refractivity contribution in [3.8, 4) is 0 Å². The molecule has 172 valence electrons. The molecule has 33 heavy (non-hydrogen) atoms. The Morgan fingerprint density at radius 3 is 1.79 bits per heavy atom. The normalized spacial score (nSPS) is 22.7. The van der Waals surface area contributed by atoms with Gasteiger partial charge in [0.2, 0.25) is 0 Å². The first-order valence-corrected chi connectivity index (χ1v) is 11.4. The van der Waals surface area contributed by atoms with Gasteiger partial charge in [0.15, 0.2) is 0 Å². The number of carbonyl (C=O) groups excluding carboxylic acids is 1. The van der Waals surface area contributed by atoms with Gasteiger partial charge in [-0.3, -0.25) is 0 Å². The fourth-order valence-corrected chi connectivity index (χ4v) is 3.97. The van der Waals surface area contributed by atoms with Gasteiger partial charge in [-0.2, -0.15) is 0 Å². The molecule has 0 N–H and O–H groups in total. The maximum atomic E-state index is 11.6. The summed E-state index contributed by atoms with van der Waals surface area (Å²) in [6.45, 7) is 1.65. The van der Waals surface area contributed by atoms with E-state index in [1.165, 1.54) is 0 Å². The van der Waals surface area contributed by atoms with Gasteiger partial charge in [-0.25, -0.2) is 0 Å². The Kier molecular flexibility index (Phi) is 8.78. The molecule has 3 aromatic rings. The van der Waals surface area contributed by atoms with E-state index in [1.54, 1.807) is 0 Å². The Bertz CT molecular complexity index is 948. The molecule has 4 rings (SSSR count). The van der Waals surface area contributed by atoms with E-state index in [4.69, 9.17) is 18.9 Å². The summed E-state index contributed by atoms with van der Waals surface area (Å²) in [5, 5.41) is 0. The van der Waals surface area contributed by atoms with Gasteiger partial charge in [0.25, 0.3) is 0 Å². The molecule has 1 aliphatic rings. The van der Waals surface area contributed by atoms with Crippen molar-refractivity contribution in [2.75, 3.05) is 6.61 Å². The summed E-state index contributed by atoms with van der Waals surface area (Å²) >= 11 is 0. The summed E-state index contributed by atoms with van der Waals surface area (Å²) in [4.78, 5) is 11.6. The van der Waals surface area contributed by atoms with Gasteiger partial charge >= 0.3 is 0 Å². The first kappa shape index (κ1) is 23.3. The Labute approximate surface area is 195 Å². The van der Waals surface area contributed by atoms with E-state index in [9.17, 15) is 4.79 Å². The fraction of sp³-hybridized carbons (Fsp3) is 0.321. The number of hydrogen-bond acceptors (Lipinski definition) is 5. The summed E-state index contributed by atoms with van der Waals surface area (Å²) in [6, 6.07) is 30.0. The van der Waals surface area contributed by atoms with Crippen LogP contribution in [-0.2, 0) is 43.6 Å². The van der Waals surface area contributed by atoms with Gasteiger partial charge in [0.1, 0.15) is 24.6 Å². The molecular weight excluding hydrogens is 416 g/mol. The number of carbonyl (C=O) groups is 1. The average Bonchev–Trinajstić information content (AvgIpc) is 2.88. The summed E-state index contributed by atoms with van der Waals surface area (Å²) < 4.78 is 24.6. The largest absolute Gasteiger partial charge is 0.374 e. The number of ether oxygens (including phenoxy) is 4. The number of benzene rings is 3. The van der Waals surface area contributed by atoms with Crippen LogP contribution in [0.2, 0.25) is 0 Å². The van der Waals surface area contributed by atoms with Gasteiger partial charge in [-0.1, -0.05) is 91.0 Å². The highest BCUT2D eigenvalue weighted by molar-refractivity contribution is 5.56. The number of hydrogen-bond donors (Lipinski definition) is 0. The maximum Gasteiger partial charge on any atom is 0.148 e. The highest BCUT2D eigenvalue weighted by Gasteiger charge is 2.40. The Hall–Kier alpha value is -2.83. The van der Waals surface area contributed by atoms with Crippen molar-refractivity contribution in [2.45, 2.75) is 50.7 Å². The zero-order valence-corrected chi connectivity index (χ0v) is 18.6. The molecule has 1 saturated heterocycles. The lowest BCUT2D eigenvalue weighted by Crippen LogP contribution is -2.52. The first-order chi connectivity index (χ1) is 16.3. The van der Waals surface area contributed by atoms with Gasteiger partial charge in [0, 0.05) is 6.42 Å². The molecule has 0 aliphatic carbocycles. The second-order valence-corrected chi connectivity index (χ2v) is 8.18. The van der Waals surface area contributed by atoms with Crippen LogP contribution in [0.1, 0.15) is 23.1 Å². The maximum absolute atomic E-state index is 11.6. The quantitative estimate of drug-likeness (QED) is 0.399. The first-order valence-electron chi connectivity index (χ1n) is 11.4. The lowest BCUT2D eigenvalue weighted by molar-refractivity contribution is -0.215. The van der Waals surface area contributed by atoms with E-state index in [2.05, 4.69) is 0 Å². The van der Waals surface area contributed by atoms with Crippen molar-refractivity contribution >= 4 is 6.29 Å². The van der Waals surface area contributed by atoms with E-state index in [1.807, 2.05) is 91.0 Å². The molecule has 0 bridgehead atoms. The second-order valence-electron chi connectivity index (χ2n) is 8.18. The van der Waals surface area contributed by atoms with Crippen LogP contribution in [0, 0.1) is 0 Å². The van der Waals surface area contributed by atoms with Crippen LogP contribution in [0.15, 0.2) is 91.0 Å². The SMILES string of the molecule is O=CC1C[C@@H](OCc2ccccc2)[C@@H](OCc2ccccc2)[C@@H](COCc2ccccc2)O1. The molecule has 0 saturated carbocycles. The number of rotatable bonds is 11. The Balaban J connectivity index is 1.45. The van der Waals surface area contributed by atoms with Crippen molar-refractivity contribution in [3.63, 3.8) is 0 Å². The molecule has 0 amide bonds. The van der Waals surface area contributed by atoms with Crippen molar-refractivity contribution in [2.24, 2.45) is 0 Å². The Morgan fingerprint density at radius 2 is 1.24 bits per heavy atom. The van der Waals surface area contributed by atoms with Gasteiger partial charge < -0.3 is 23.7 Å². The van der Waals surface area contributed by atoms with Gasteiger partial charge in [-0.05, 0) is 16.7 Å². The van der Waals surface area contributed by atoms with E-state index in [0.717, 1.165) is 23.0 Å². The molecule has 1 heterocycles. The number of aldehydes is 1. The topological polar surface area (TPSA) is 54.0 Å². The molecule has 3 aromatic carbocycles. The van der Waals surface area contributed by atoms with Crippen LogP contribution in [0.4, 0.5) is 0 Å². The van der Waals surface area contributed by atoms with Crippen molar-refractivity contribution in [3.05, 3.63) is 108 Å². The molecule has 1 unspecified atom stereocenters. The van der Waals surface area contributed by atoms with E-state index < -0.39 is 12.2 Å². The van der Waals surface area contributed by atoms with Crippen LogP contribution in [0.5, 0.6) is 0 Å². The molecular formula is C28H30O5. The molecule has 5 nitrogen and oxygen atoms in total. The molecule has 0 spiro atoms. The van der Waals surface area contributed by atoms with Gasteiger partial charge in [-0.15, -0.1) is 0 Å². The molecule has 1 aliphatic heterocycles. The summed E-state index contributed by atoms with van der Waals surface area (Å²) in [6.07, 6.45) is -0.319. The van der Waals surface area contributed by atoms with E-state index in [-0.39, 0.29) is 12.2 Å². The monoisotopic (exact) mass is 446 g/mol. The zero-order chi connectivity index (χ0) is 22.7. The minimum absolute atomic E-state index is 0.289. The third-order valence-electron chi connectivity index (χ3n) is 5.68. The summed E-state index contributed by atoms with van der Waals surface area (Å²) in [7, 11) is 0. The molecule has 5 heteroatoms. The summed E-state index contributed by atoms with van der Waals surface area (Å²) in [5.41, 5.74) is 3.23. The molecule has 4 atom stereocenters. The predicted octanol–water partition coefficient (Wildman–Crippen LogP) is 4.73. The molecule has 0 aromatic heterocycles. The van der Waals surface area contributed by atoms with E-state index in [0.29, 0.717) is 32.8 Å². The van der Waals surface area contributed by atoms with Crippen LogP contribution < -0.4 is 0 Å². The molecule has 0 radical (unpaired) electrons. The minimum atomic E-state index is -0.548. The van der Waals surface area contributed by atoms with E-state index >= 15 is 0 Å². The summed E-state index contributed by atoms with van der Waals surface area (Å²) in [5.74, 6) is 0. The Morgan fingerprint density at radius 1 is 0.727 bits per heavy atom. The van der Waals surface area contributed by atoms with Crippen molar-refractivity contribution < 1.29 is 23.7 Å². The zero-order valence-electron chi connectivity index (χ0n) is 18.6. The highest BCUT2D eigenvalue weighted by Crippen LogP contribution is 2.27. The lowest BCUT2D eigenvalue weighted by atomic mass is 9.97. The minimum Gasteiger partial charge on any atom is -0.374 e. The van der Waals surface area contributed by atoms with Crippen LogP contribution in [-0.4, -0.2) is 37.3 Å². The second kappa shape index (κ2) is 12.4. The average molecular weight is 447 g/mol. The smallest absolute Gasteiger partial charge is 0.148 e. The van der Waals surface area contributed by atoms with Crippen LogP contribution in [0.25, 0.3) is 0 Å². The van der Waals surface area contributed by atoms with Crippen molar-refractivity contribution in [1.29, 1.82) is 0 Å². The highest BCUT2D eigenvalue weighted by atomic mass is 16.6. The predicted molar refractivity (Wildman–Crippen MR) is 125 cm³/mol. The van der Waals surface area contributed by atoms with Crippen LogP contribution in [0.3, 0.4) is 0 Å². The third-order valence-corrected chi connectivity index (χ3v) is 5.68. The fourth-order valence-electron chi connectivity index (χ4n) is 3.97. The van der Waals surface area contributed by atoms with Crippen molar-refractivity contribution in [1.82, 2.24) is 0 Å². The van der Waals surface area contributed by atoms with Crippen LogP contribution >= 0.6 is 0 Å². The standard InChI is InChI=1S/C28H30O5/c29-17-25-16-26(31-19-23-12-6-2-7-13-23)28(32-20-24-14-8-3-9-15-24)27(33-25)21-30-18-22-10-4-1-5-11-22/h1-15,17,25-28H,16,18-21H2/t25?,26-,27-,28-/m1/s1. The lowest BCUT2D eigenvalue weighted by Gasteiger charge is -2.40.